The van der Waals surface area contributed by atoms with Crippen LogP contribution in [0.3, 0.4) is 0 Å². The summed E-state index contributed by atoms with van der Waals surface area (Å²) in [6.07, 6.45) is 2.79. The topological polar surface area (TPSA) is 71.1 Å². The van der Waals surface area contributed by atoms with E-state index < -0.39 is 0 Å². The second-order valence-corrected chi connectivity index (χ2v) is 4.21. The molecule has 3 N–H and O–H groups in total. The van der Waals surface area contributed by atoms with Crippen molar-refractivity contribution in [3.63, 3.8) is 0 Å². The molecule has 1 atom stereocenters. The van der Waals surface area contributed by atoms with Gasteiger partial charge in [0.1, 0.15) is 18.4 Å². The normalized spacial score (nSPS) is 18.1. The summed E-state index contributed by atoms with van der Waals surface area (Å²) in [5, 5.41) is 12.2. The van der Waals surface area contributed by atoms with Gasteiger partial charge in [-0.15, -0.1) is 0 Å². The number of benzene rings is 1. The van der Waals surface area contributed by atoms with Gasteiger partial charge < -0.3 is 15.8 Å². The Balaban J connectivity index is 1.92. The van der Waals surface area contributed by atoms with Crippen molar-refractivity contribution in [2.45, 2.75) is 12.5 Å². The number of nitrogens with two attached hydrogens (primary N) is 1. The molecular formula is C12H12ClN3O. The lowest BCUT2D eigenvalue weighted by Gasteiger charge is -2.13. The van der Waals surface area contributed by atoms with Gasteiger partial charge in [0.05, 0.1) is 22.4 Å². The smallest absolute Gasteiger partial charge is 0.120 e. The van der Waals surface area contributed by atoms with Gasteiger partial charge in [0.2, 0.25) is 0 Å². The Morgan fingerprint density at radius 2 is 2.41 bits per heavy atom. The fourth-order valence-electron chi connectivity index (χ4n) is 1.61. The third-order valence-electron chi connectivity index (χ3n) is 2.51. The van der Waals surface area contributed by atoms with Crippen LogP contribution >= 0.6 is 11.6 Å². The standard InChI is InChI=1S/C12H12ClN3O/c13-11-5-10(3-1-8(11)6-14)17-7-9-2-4-12(15)16-9/h1,3-5,9,16H,2,7,15H2. The molecule has 0 bridgehead atoms. The van der Waals surface area contributed by atoms with Gasteiger partial charge in [-0.05, 0) is 24.6 Å². The van der Waals surface area contributed by atoms with Crippen molar-refractivity contribution in [1.82, 2.24) is 5.32 Å². The van der Waals surface area contributed by atoms with E-state index in [1.165, 1.54) is 0 Å². The summed E-state index contributed by atoms with van der Waals surface area (Å²) in [7, 11) is 0. The molecular weight excluding hydrogens is 238 g/mol. The summed E-state index contributed by atoms with van der Waals surface area (Å²) < 4.78 is 5.57. The van der Waals surface area contributed by atoms with E-state index in [-0.39, 0.29) is 6.04 Å². The van der Waals surface area contributed by atoms with Crippen LogP contribution in [0.1, 0.15) is 12.0 Å². The third-order valence-corrected chi connectivity index (χ3v) is 2.82. The molecule has 17 heavy (non-hydrogen) atoms. The fourth-order valence-corrected chi connectivity index (χ4v) is 1.82. The highest BCUT2D eigenvalue weighted by Gasteiger charge is 2.14. The largest absolute Gasteiger partial charge is 0.491 e. The summed E-state index contributed by atoms with van der Waals surface area (Å²) in [5.74, 6) is 1.35. The number of nitrogens with one attached hydrogen (secondary N) is 1. The maximum atomic E-state index is 8.73. The molecule has 0 saturated carbocycles. The van der Waals surface area contributed by atoms with Gasteiger partial charge in [0.25, 0.3) is 0 Å². The molecule has 0 amide bonds. The SMILES string of the molecule is N#Cc1ccc(OCC2CC=C(N)N2)cc1Cl. The van der Waals surface area contributed by atoms with E-state index in [2.05, 4.69) is 5.32 Å². The molecule has 1 aromatic rings. The van der Waals surface area contributed by atoms with E-state index in [1.807, 2.05) is 12.1 Å². The molecule has 4 nitrogen and oxygen atoms in total. The summed E-state index contributed by atoms with van der Waals surface area (Å²) in [6, 6.07) is 7.22. The van der Waals surface area contributed by atoms with Crippen LogP contribution in [0.25, 0.3) is 0 Å². The van der Waals surface area contributed by atoms with Crippen LogP contribution in [0.2, 0.25) is 5.02 Å². The van der Waals surface area contributed by atoms with Crippen molar-refractivity contribution in [2.75, 3.05) is 6.61 Å². The quantitative estimate of drug-likeness (QED) is 0.856. The predicted octanol–water partition coefficient (Wildman–Crippen LogP) is 1.75. The number of halogens is 1. The highest BCUT2D eigenvalue weighted by atomic mass is 35.5. The Morgan fingerprint density at radius 3 is 3.00 bits per heavy atom. The van der Waals surface area contributed by atoms with Crippen molar-refractivity contribution in [3.05, 3.63) is 40.7 Å². The number of nitriles is 1. The lowest BCUT2D eigenvalue weighted by molar-refractivity contribution is 0.278. The molecule has 0 radical (unpaired) electrons. The highest BCUT2D eigenvalue weighted by Crippen LogP contribution is 2.22. The zero-order chi connectivity index (χ0) is 12.3. The summed E-state index contributed by atoms with van der Waals surface area (Å²) in [5.41, 5.74) is 6.04. The van der Waals surface area contributed by atoms with E-state index in [0.717, 1.165) is 6.42 Å². The maximum Gasteiger partial charge on any atom is 0.120 e. The van der Waals surface area contributed by atoms with E-state index in [0.29, 0.717) is 28.8 Å². The Morgan fingerprint density at radius 1 is 1.59 bits per heavy atom. The molecule has 2 rings (SSSR count). The van der Waals surface area contributed by atoms with Crippen molar-refractivity contribution in [2.24, 2.45) is 5.73 Å². The maximum absolute atomic E-state index is 8.73. The molecule has 0 spiro atoms. The van der Waals surface area contributed by atoms with Crippen LogP contribution in [0.15, 0.2) is 30.1 Å². The van der Waals surface area contributed by atoms with E-state index in [1.54, 1.807) is 18.2 Å². The average molecular weight is 250 g/mol. The number of ether oxygens (including phenoxy) is 1. The minimum Gasteiger partial charge on any atom is -0.491 e. The molecule has 0 saturated heterocycles. The molecule has 1 aromatic carbocycles. The van der Waals surface area contributed by atoms with Crippen LogP contribution < -0.4 is 15.8 Å². The van der Waals surface area contributed by atoms with Crippen LogP contribution in [0.5, 0.6) is 5.75 Å². The van der Waals surface area contributed by atoms with Crippen molar-refractivity contribution < 1.29 is 4.74 Å². The molecule has 1 heterocycles. The van der Waals surface area contributed by atoms with Gasteiger partial charge in [-0.1, -0.05) is 11.6 Å². The van der Waals surface area contributed by atoms with Crippen LogP contribution in [-0.2, 0) is 0 Å². The number of hydrogen-bond acceptors (Lipinski definition) is 4. The number of nitrogens with zero attached hydrogens (tertiary/aromatic N) is 1. The first-order chi connectivity index (χ1) is 8.19. The molecule has 0 aliphatic carbocycles. The Labute approximate surface area is 105 Å². The first-order valence-electron chi connectivity index (χ1n) is 5.23. The van der Waals surface area contributed by atoms with E-state index in [9.17, 15) is 0 Å². The van der Waals surface area contributed by atoms with E-state index >= 15 is 0 Å². The van der Waals surface area contributed by atoms with Crippen LogP contribution in [-0.4, -0.2) is 12.6 Å². The van der Waals surface area contributed by atoms with Crippen molar-refractivity contribution >= 4 is 11.6 Å². The Bertz CT molecular complexity index is 493. The van der Waals surface area contributed by atoms with Gasteiger partial charge in [-0.3, -0.25) is 0 Å². The second-order valence-electron chi connectivity index (χ2n) is 3.80. The summed E-state index contributed by atoms with van der Waals surface area (Å²) in [4.78, 5) is 0. The Kier molecular flexibility index (Phi) is 3.40. The van der Waals surface area contributed by atoms with Gasteiger partial charge >= 0.3 is 0 Å². The lowest BCUT2D eigenvalue weighted by atomic mass is 10.2. The minimum atomic E-state index is 0.199. The molecule has 5 heteroatoms. The zero-order valence-electron chi connectivity index (χ0n) is 9.11. The van der Waals surface area contributed by atoms with Gasteiger partial charge in [-0.2, -0.15) is 5.26 Å². The van der Waals surface area contributed by atoms with Gasteiger partial charge in [-0.25, -0.2) is 0 Å². The molecule has 0 aromatic heterocycles. The molecule has 0 fully saturated rings. The van der Waals surface area contributed by atoms with E-state index in [4.69, 9.17) is 27.3 Å². The zero-order valence-corrected chi connectivity index (χ0v) is 9.87. The summed E-state index contributed by atoms with van der Waals surface area (Å²) in [6.45, 7) is 0.513. The summed E-state index contributed by atoms with van der Waals surface area (Å²) >= 11 is 5.90. The molecule has 1 aliphatic rings. The first kappa shape index (κ1) is 11.6. The first-order valence-corrected chi connectivity index (χ1v) is 5.61. The molecule has 1 unspecified atom stereocenters. The lowest BCUT2D eigenvalue weighted by Crippen LogP contribution is -2.31. The Hall–Kier alpha value is -1.86. The highest BCUT2D eigenvalue weighted by molar-refractivity contribution is 6.31. The van der Waals surface area contributed by atoms with Crippen molar-refractivity contribution in [1.29, 1.82) is 5.26 Å². The van der Waals surface area contributed by atoms with Crippen LogP contribution in [0, 0.1) is 11.3 Å². The molecule has 1 aliphatic heterocycles. The van der Waals surface area contributed by atoms with Gasteiger partial charge in [0.15, 0.2) is 0 Å². The number of rotatable bonds is 3. The van der Waals surface area contributed by atoms with Crippen molar-refractivity contribution in [3.8, 4) is 11.8 Å². The molecule has 88 valence electrons. The second kappa shape index (κ2) is 4.98. The average Bonchev–Trinajstić information content (AvgIpc) is 2.73. The third kappa shape index (κ3) is 2.83. The fraction of sp³-hybridized carbons (Fsp3) is 0.250. The number of hydrogen-bond donors (Lipinski definition) is 2. The van der Waals surface area contributed by atoms with Crippen LogP contribution in [0.4, 0.5) is 0 Å². The minimum absolute atomic E-state index is 0.199. The monoisotopic (exact) mass is 249 g/mol. The predicted molar refractivity (Wildman–Crippen MR) is 65.5 cm³/mol. The van der Waals surface area contributed by atoms with Gasteiger partial charge in [0, 0.05) is 6.07 Å².